The first-order valence-corrected chi connectivity index (χ1v) is 10.1. The third-order valence-corrected chi connectivity index (χ3v) is 5.54. The van der Waals surface area contributed by atoms with E-state index >= 15 is 0 Å². The van der Waals surface area contributed by atoms with Gasteiger partial charge in [-0.2, -0.15) is 0 Å². The summed E-state index contributed by atoms with van der Waals surface area (Å²) >= 11 is 6.06. The molecule has 0 spiro atoms. The smallest absolute Gasteiger partial charge is 0.238 e. The predicted molar refractivity (Wildman–Crippen MR) is 114 cm³/mol. The number of piperidine rings is 1. The summed E-state index contributed by atoms with van der Waals surface area (Å²) in [6.07, 6.45) is 1.98. The molecule has 1 amide bonds. The third kappa shape index (κ3) is 4.37. The molecule has 1 fully saturated rings. The fraction of sp³-hybridized carbons (Fsp3) is 0.364. The Morgan fingerprint density at radius 3 is 2.61 bits per heavy atom. The zero-order chi connectivity index (χ0) is 19.7. The molecule has 6 heteroatoms. The van der Waals surface area contributed by atoms with Gasteiger partial charge >= 0.3 is 0 Å². The molecular weight excluding hydrogens is 372 g/mol. The van der Waals surface area contributed by atoms with Crippen LogP contribution in [0.5, 0.6) is 0 Å². The largest absolute Gasteiger partial charge is 0.342 e. The van der Waals surface area contributed by atoms with Crippen molar-refractivity contribution in [3.63, 3.8) is 0 Å². The Morgan fingerprint density at radius 2 is 1.89 bits per heavy atom. The number of halogens is 1. The number of anilines is 1. The summed E-state index contributed by atoms with van der Waals surface area (Å²) in [7, 11) is 0. The molecule has 4 rings (SSSR count). The number of carbonyl (C=O) groups excluding carboxylic acids is 1. The summed E-state index contributed by atoms with van der Waals surface area (Å²) in [4.78, 5) is 22.8. The summed E-state index contributed by atoms with van der Waals surface area (Å²) in [5.74, 6) is 1.46. The monoisotopic (exact) mass is 396 g/mol. The molecule has 0 radical (unpaired) electrons. The number of aryl methyl sites for hydroxylation is 2. The molecule has 5 nitrogen and oxygen atoms in total. The van der Waals surface area contributed by atoms with E-state index in [1.165, 1.54) is 0 Å². The second-order valence-corrected chi connectivity index (χ2v) is 8.19. The van der Waals surface area contributed by atoms with Crippen molar-refractivity contribution in [1.29, 1.82) is 0 Å². The minimum Gasteiger partial charge on any atom is -0.342 e. The molecule has 3 aromatic rings. The molecule has 2 aromatic carbocycles. The van der Waals surface area contributed by atoms with Crippen molar-refractivity contribution in [2.75, 3.05) is 25.0 Å². The van der Waals surface area contributed by atoms with Crippen LogP contribution in [0.4, 0.5) is 5.69 Å². The van der Waals surface area contributed by atoms with Crippen LogP contribution in [0.15, 0.2) is 36.4 Å². The Morgan fingerprint density at radius 1 is 1.18 bits per heavy atom. The summed E-state index contributed by atoms with van der Waals surface area (Å²) in [5, 5.41) is 3.74. The van der Waals surface area contributed by atoms with Gasteiger partial charge in [0.25, 0.3) is 0 Å². The highest BCUT2D eigenvalue weighted by Gasteiger charge is 2.24. The molecule has 1 aromatic heterocycles. The SMILES string of the molecule is Cc1cc(C)cc(NC(=O)CN2CCC(c3nc4ccc(Cl)cc4[nH]3)CC2)c1. The van der Waals surface area contributed by atoms with E-state index in [0.29, 0.717) is 17.5 Å². The molecule has 1 aliphatic rings. The fourth-order valence-electron chi connectivity index (χ4n) is 4.01. The molecular formula is C22H25ClN4O. The highest BCUT2D eigenvalue weighted by atomic mass is 35.5. The fourth-order valence-corrected chi connectivity index (χ4v) is 4.18. The van der Waals surface area contributed by atoms with Gasteiger partial charge in [0.05, 0.1) is 17.6 Å². The van der Waals surface area contributed by atoms with Crippen molar-refractivity contribution < 1.29 is 4.79 Å². The summed E-state index contributed by atoms with van der Waals surface area (Å²) in [6.45, 7) is 6.29. The second kappa shape index (κ2) is 7.94. The highest BCUT2D eigenvalue weighted by molar-refractivity contribution is 6.31. The first kappa shape index (κ1) is 19.0. The van der Waals surface area contributed by atoms with Crippen LogP contribution < -0.4 is 5.32 Å². The zero-order valence-electron chi connectivity index (χ0n) is 16.3. The predicted octanol–water partition coefficient (Wildman–Crippen LogP) is 4.65. The number of hydrogen-bond acceptors (Lipinski definition) is 3. The quantitative estimate of drug-likeness (QED) is 0.674. The molecule has 0 saturated carbocycles. The van der Waals surface area contributed by atoms with Crippen LogP contribution in [0, 0.1) is 13.8 Å². The molecule has 0 bridgehead atoms. The van der Waals surface area contributed by atoms with E-state index < -0.39 is 0 Å². The maximum Gasteiger partial charge on any atom is 0.238 e. The van der Waals surface area contributed by atoms with Crippen molar-refractivity contribution >= 4 is 34.2 Å². The van der Waals surface area contributed by atoms with Crippen molar-refractivity contribution in [2.45, 2.75) is 32.6 Å². The number of likely N-dealkylation sites (tertiary alicyclic amines) is 1. The zero-order valence-corrected chi connectivity index (χ0v) is 17.0. The topological polar surface area (TPSA) is 61.0 Å². The van der Waals surface area contributed by atoms with Crippen LogP contribution in [0.1, 0.15) is 35.7 Å². The van der Waals surface area contributed by atoms with E-state index in [4.69, 9.17) is 16.6 Å². The Hall–Kier alpha value is -2.37. The molecule has 28 heavy (non-hydrogen) atoms. The summed E-state index contributed by atoms with van der Waals surface area (Å²) in [5.41, 5.74) is 5.12. The van der Waals surface area contributed by atoms with Crippen LogP contribution in [-0.4, -0.2) is 40.4 Å². The number of aromatic amines is 1. The standard InChI is InChI=1S/C22H25ClN4O/c1-14-9-15(2)11-18(10-14)24-21(28)13-27-7-5-16(6-8-27)22-25-19-4-3-17(23)12-20(19)26-22/h3-4,9-12,16H,5-8,13H2,1-2H3,(H,24,28)(H,25,26). The number of fused-ring (bicyclic) bond motifs is 1. The average Bonchev–Trinajstić information content (AvgIpc) is 3.04. The van der Waals surface area contributed by atoms with Crippen LogP contribution >= 0.6 is 11.6 Å². The van der Waals surface area contributed by atoms with Crippen LogP contribution in [-0.2, 0) is 4.79 Å². The lowest BCUT2D eigenvalue weighted by molar-refractivity contribution is -0.117. The normalized spacial score (nSPS) is 15.8. The lowest BCUT2D eigenvalue weighted by Crippen LogP contribution is -2.38. The van der Waals surface area contributed by atoms with Gasteiger partial charge < -0.3 is 10.3 Å². The minimum absolute atomic E-state index is 0.0434. The van der Waals surface area contributed by atoms with E-state index in [1.54, 1.807) is 0 Å². The lowest BCUT2D eigenvalue weighted by atomic mass is 9.96. The Bertz CT molecular complexity index is 985. The van der Waals surface area contributed by atoms with Crippen molar-refractivity contribution in [1.82, 2.24) is 14.9 Å². The number of rotatable bonds is 4. The highest BCUT2D eigenvalue weighted by Crippen LogP contribution is 2.28. The molecule has 2 heterocycles. The van der Waals surface area contributed by atoms with E-state index in [0.717, 1.165) is 59.6 Å². The van der Waals surface area contributed by atoms with E-state index in [9.17, 15) is 4.79 Å². The summed E-state index contributed by atoms with van der Waals surface area (Å²) < 4.78 is 0. The molecule has 0 aliphatic carbocycles. The van der Waals surface area contributed by atoms with Crippen LogP contribution in [0.3, 0.4) is 0 Å². The number of nitrogens with one attached hydrogen (secondary N) is 2. The molecule has 2 N–H and O–H groups in total. The number of carbonyl (C=O) groups is 1. The van der Waals surface area contributed by atoms with Gasteiger partial charge in [0.15, 0.2) is 0 Å². The van der Waals surface area contributed by atoms with Gasteiger partial charge in [-0.1, -0.05) is 17.7 Å². The number of H-pyrrole nitrogens is 1. The van der Waals surface area contributed by atoms with Gasteiger partial charge in [-0.05, 0) is 81.2 Å². The van der Waals surface area contributed by atoms with E-state index in [-0.39, 0.29) is 5.91 Å². The van der Waals surface area contributed by atoms with E-state index in [1.807, 2.05) is 44.2 Å². The molecule has 1 saturated heterocycles. The lowest BCUT2D eigenvalue weighted by Gasteiger charge is -2.30. The Labute approximate surface area is 170 Å². The maximum atomic E-state index is 12.4. The summed E-state index contributed by atoms with van der Waals surface area (Å²) in [6, 6.07) is 11.8. The van der Waals surface area contributed by atoms with Crippen molar-refractivity contribution in [3.05, 3.63) is 58.4 Å². The number of benzene rings is 2. The minimum atomic E-state index is 0.0434. The molecule has 0 atom stereocenters. The third-order valence-electron chi connectivity index (χ3n) is 5.31. The van der Waals surface area contributed by atoms with E-state index in [2.05, 4.69) is 21.3 Å². The first-order valence-electron chi connectivity index (χ1n) is 9.72. The number of imidazole rings is 1. The maximum absolute atomic E-state index is 12.4. The Balaban J connectivity index is 1.32. The van der Waals surface area contributed by atoms with Gasteiger partial charge in [0.2, 0.25) is 5.91 Å². The average molecular weight is 397 g/mol. The molecule has 0 unspecified atom stereocenters. The first-order chi connectivity index (χ1) is 13.5. The van der Waals surface area contributed by atoms with Gasteiger partial charge in [0.1, 0.15) is 5.82 Å². The molecule has 146 valence electrons. The van der Waals surface area contributed by atoms with Gasteiger partial charge in [-0.15, -0.1) is 0 Å². The van der Waals surface area contributed by atoms with Gasteiger partial charge in [-0.3, -0.25) is 9.69 Å². The van der Waals surface area contributed by atoms with Gasteiger partial charge in [-0.25, -0.2) is 4.98 Å². The van der Waals surface area contributed by atoms with Crippen molar-refractivity contribution in [3.8, 4) is 0 Å². The van der Waals surface area contributed by atoms with Crippen LogP contribution in [0.2, 0.25) is 5.02 Å². The van der Waals surface area contributed by atoms with Crippen LogP contribution in [0.25, 0.3) is 11.0 Å². The van der Waals surface area contributed by atoms with Crippen molar-refractivity contribution in [2.24, 2.45) is 0 Å². The number of aromatic nitrogens is 2. The number of hydrogen-bond donors (Lipinski definition) is 2. The molecule has 1 aliphatic heterocycles. The second-order valence-electron chi connectivity index (χ2n) is 7.76. The van der Waals surface area contributed by atoms with Gasteiger partial charge in [0, 0.05) is 16.6 Å². The number of nitrogens with zero attached hydrogens (tertiary/aromatic N) is 2. The number of amides is 1. The Kier molecular flexibility index (Phi) is 5.38.